The van der Waals surface area contributed by atoms with Crippen LogP contribution in [-0.2, 0) is 13.0 Å². The molecular weight excluding hydrogens is 300 g/mol. The number of aryl methyl sites for hydroxylation is 4. The lowest BCUT2D eigenvalue weighted by Gasteiger charge is -2.04. The van der Waals surface area contributed by atoms with Crippen LogP contribution in [0, 0.1) is 20.8 Å². The van der Waals surface area contributed by atoms with Crippen LogP contribution in [0.25, 0.3) is 5.69 Å². The van der Waals surface area contributed by atoms with Gasteiger partial charge < -0.3 is 9.84 Å². The number of hydrogen-bond donors (Lipinski definition) is 1. The Morgan fingerprint density at radius 3 is 2.58 bits per heavy atom. The van der Waals surface area contributed by atoms with Crippen LogP contribution in [0.5, 0.6) is 0 Å². The lowest BCUT2D eigenvalue weighted by atomic mass is 10.1. The molecule has 0 atom stereocenters. The molecule has 5 heteroatoms. The summed E-state index contributed by atoms with van der Waals surface area (Å²) in [5, 5.41) is 12.1. The minimum absolute atomic E-state index is 0.809. The van der Waals surface area contributed by atoms with Gasteiger partial charge in [0.15, 0.2) is 0 Å². The Morgan fingerprint density at radius 1 is 1.08 bits per heavy atom. The number of nitrogens with zero attached hydrogens (tertiary/aromatic N) is 3. The van der Waals surface area contributed by atoms with Crippen molar-refractivity contribution in [1.82, 2.24) is 20.3 Å². The molecule has 2 aromatic heterocycles. The van der Waals surface area contributed by atoms with Crippen LogP contribution in [0.4, 0.5) is 0 Å². The molecule has 0 aliphatic rings. The fourth-order valence-electron chi connectivity index (χ4n) is 2.83. The molecule has 3 aromatic rings. The molecule has 0 fully saturated rings. The zero-order valence-electron chi connectivity index (χ0n) is 14.5. The molecule has 1 aromatic carbocycles. The molecule has 0 amide bonds. The summed E-state index contributed by atoms with van der Waals surface area (Å²) in [6.45, 7) is 7.78. The van der Waals surface area contributed by atoms with Crippen molar-refractivity contribution in [3.63, 3.8) is 0 Å². The van der Waals surface area contributed by atoms with Crippen molar-refractivity contribution in [3.8, 4) is 5.69 Å². The first-order chi connectivity index (χ1) is 11.6. The van der Waals surface area contributed by atoms with E-state index in [0.29, 0.717) is 0 Å². The van der Waals surface area contributed by atoms with Gasteiger partial charge in [0.1, 0.15) is 5.76 Å². The van der Waals surface area contributed by atoms with E-state index >= 15 is 0 Å². The Hall–Kier alpha value is -2.40. The molecule has 0 unspecified atom stereocenters. The molecular formula is C19H24N4O. The smallest absolute Gasteiger partial charge is 0.138 e. The Bertz CT molecular complexity index is 770. The van der Waals surface area contributed by atoms with E-state index < -0.39 is 0 Å². The molecule has 0 aliphatic heterocycles. The Labute approximate surface area is 142 Å². The molecule has 3 rings (SSSR count). The summed E-state index contributed by atoms with van der Waals surface area (Å²) in [4.78, 5) is 0. The van der Waals surface area contributed by atoms with Gasteiger partial charge in [-0.25, -0.2) is 4.68 Å². The first-order valence-electron chi connectivity index (χ1n) is 8.38. The van der Waals surface area contributed by atoms with Crippen LogP contribution in [0.3, 0.4) is 0 Å². The van der Waals surface area contributed by atoms with E-state index in [1.54, 1.807) is 0 Å². The summed E-state index contributed by atoms with van der Waals surface area (Å²) >= 11 is 0. The highest BCUT2D eigenvalue weighted by molar-refractivity contribution is 5.32. The summed E-state index contributed by atoms with van der Waals surface area (Å²) in [5.41, 5.74) is 5.65. The third-order valence-electron chi connectivity index (χ3n) is 4.30. The standard InChI is InChI=1S/C19H24N4O/c1-14-17(13-23(21-14)18-9-5-4-6-10-18)8-7-11-20-12-19-15(2)22-24-16(19)3/h4-6,9-10,13,20H,7-8,11-12H2,1-3H3. The van der Waals surface area contributed by atoms with Crippen molar-refractivity contribution < 1.29 is 4.52 Å². The molecule has 0 radical (unpaired) electrons. The van der Waals surface area contributed by atoms with E-state index in [1.807, 2.05) is 36.7 Å². The fourth-order valence-corrected chi connectivity index (χ4v) is 2.83. The Balaban J connectivity index is 1.50. The maximum Gasteiger partial charge on any atom is 0.138 e. The zero-order valence-corrected chi connectivity index (χ0v) is 14.5. The molecule has 0 saturated heterocycles. The fraction of sp³-hybridized carbons (Fsp3) is 0.368. The highest BCUT2D eigenvalue weighted by Crippen LogP contribution is 2.14. The van der Waals surface area contributed by atoms with Crippen molar-refractivity contribution in [2.45, 2.75) is 40.2 Å². The summed E-state index contributed by atoms with van der Waals surface area (Å²) < 4.78 is 7.14. The maximum atomic E-state index is 5.18. The third-order valence-corrected chi connectivity index (χ3v) is 4.30. The van der Waals surface area contributed by atoms with Crippen molar-refractivity contribution in [2.24, 2.45) is 0 Å². The molecule has 0 aliphatic carbocycles. The van der Waals surface area contributed by atoms with E-state index in [1.165, 1.54) is 11.1 Å². The number of benzene rings is 1. The van der Waals surface area contributed by atoms with Gasteiger partial charge in [-0.05, 0) is 57.9 Å². The van der Waals surface area contributed by atoms with Crippen LogP contribution in [0.1, 0.15) is 34.7 Å². The monoisotopic (exact) mass is 324 g/mol. The van der Waals surface area contributed by atoms with Crippen LogP contribution < -0.4 is 5.32 Å². The minimum Gasteiger partial charge on any atom is -0.361 e. The number of nitrogens with one attached hydrogen (secondary N) is 1. The first kappa shape index (κ1) is 16.5. The Morgan fingerprint density at radius 2 is 1.88 bits per heavy atom. The quantitative estimate of drug-likeness (QED) is 0.676. The van der Waals surface area contributed by atoms with Gasteiger partial charge in [0.2, 0.25) is 0 Å². The van der Waals surface area contributed by atoms with Crippen molar-refractivity contribution in [3.05, 3.63) is 64.8 Å². The van der Waals surface area contributed by atoms with Gasteiger partial charge >= 0.3 is 0 Å². The second-order valence-electron chi connectivity index (χ2n) is 6.10. The number of aromatic nitrogens is 3. The molecule has 2 heterocycles. The average molecular weight is 324 g/mol. The molecule has 5 nitrogen and oxygen atoms in total. The van der Waals surface area contributed by atoms with E-state index in [9.17, 15) is 0 Å². The summed E-state index contributed by atoms with van der Waals surface area (Å²) in [6.07, 6.45) is 4.23. The predicted octanol–water partition coefficient (Wildman–Crippen LogP) is 3.51. The van der Waals surface area contributed by atoms with Crippen LogP contribution in [0.15, 0.2) is 41.1 Å². The zero-order chi connectivity index (χ0) is 16.9. The summed E-state index contributed by atoms with van der Waals surface area (Å²) in [5.74, 6) is 0.903. The normalized spacial score (nSPS) is 11.1. The van der Waals surface area contributed by atoms with Crippen molar-refractivity contribution in [2.75, 3.05) is 6.54 Å². The third kappa shape index (κ3) is 3.74. The van der Waals surface area contributed by atoms with Gasteiger partial charge in [0.05, 0.1) is 17.1 Å². The van der Waals surface area contributed by atoms with E-state index in [0.717, 1.165) is 48.8 Å². The molecule has 0 saturated carbocycles. The van der Waals surface area contributed by atoms with E-state index in [-0.39, 0.29) is 0 Å². The van der Waals surface area contributed by atoms with E-state index in [4.69, 9.17) is 4.52 Å². The lowest BCUT2D eigenvalue weighted by molar-refractivity contribution is 0.392. The van der Waals surface area contributed by atoms with Crippen LogP contribution in [0.2, 0.25) is 0 Å². The van der Waals surface area contributed by atoms with Gasteiger partial charge in [-0.2, -0.15) is 5.10 Å². The predicted molar refractivity (Wildman–Crippen MR) is 94.3 cm³/mol. The SMILES string of the molecule is Cc1nn(-c2ccccc2)cc1CCCNCc1c(C)noc1C. The lowest BCUT2D eigenvalue weighted by Crippen LogP contribution is -2.16. The maximum absolute atomic E-state index is 5.18. The summed E-state index contributed by atoms with van der Waals surface area (Å²) in [6, 6.07) is 10.2. The minimum atomic E-state index is 0.809. The molecule has 0 spiro atoms. The molecule has 126 valence electrons. The Kier molecular flexibility index (Phi) is 5.11. The topological polar surface area (TPSA) is 55.9 Å². The van der Waals surface area contributed by atoms with Crippen LogP contribution >= 0.6 is 0 Å². The highest BCUT2D eigenvalue weighted by Gasteiger charge is 2.08. The second-order valence-corrected chi connectivity index (χ2v) is 6.10. The molecule has 0 bridgehead atoms. The van der Waals surface area contributed by atoms with Crippen molar-refractivity contribution >= 4 is 0 Å². The van der Waals surface area contributed by atoms with Crippen LogP contribution in [-0.4, -0.2) is 21.5 Å². The van der Waals surface area contributed by atoms with Gasteiger partial charge in [0.25, 0.3) is 0 Å². The number of rotatable bonds is 7. The number of para-hydroxylation sites is 1. The van der Waals surface area contributed by atoms with E-state index in [2.05, 4.69) is 40.8 Å². The first-order valence-corrected chi connectivity index (χ1v) is 8.38. The molecule has 1 N–H and O–H groups in total. The largest absolute Gasteiger partial charge is 0.361 e. The van der Waals surface area contributed by atoms with Gasteiger partial charge in [-0.1, -0.05) is 23.4 Å². The average Bonchev–Trinajstić information content (AvgIpc) is 3.12. The van der Waals surface area contributed by atoms with Gasteiger partial charge in [-0.15, -0.1) is 0 Å². The van der Waals surface area contributed by atoms with Crippen molar-refractivity contribution in [1.29, 1.82) is 0 Å². The second kappa shape index (κ2) is 7.45. The number of hydrogen-bond acceptors (Lipinski definition) is 4. The van der Waals surface area contributed by atoms with Gasteiger partial charge in [0, 0.05) is 18.3 Å². The molecule has 24 heavy (non-hydrogen) atoms. The highest BCUT2D eigenvalue weighted by atomic mass is 16.5. The van der Waals surface area contributed by atoms with Gasteiger partial charge in [-0.3, -0.25) is 0 Å². The summed E-state index contributed by atoms with van der Waals surface area (Å²) in [7, 11) is 0.